The smallest absolute Gasteiger partial charge is 0.300 e. The molecule has 34 heavy (non-hydrogen) atoms. The summed E-state index contributed by atoms with van der Waals surface area (Å²) in [5.74, 6) is -1.72. The first-order valence-electron chi connectivity index (χ1n) is 10.0. The Kier molecular flexibility index (Phi) is 6.21. The lowest BCUT2D eigenvalue weighted by Crippen LogP contribution is -2.29. The quantitative estimate of drug-likeness (QED) is 0.333. The van der Waals surface area contributed by atoms with Gasteiger partial charge in [0, 0.05) is 24.1 Å². The normalized spacial score (nSPS) is 16.9. The van der Waals surface area contributed by atoms with Crippen LogP contribution in [0.25, 0.3) is 5.76 Å². The highest BCUT2D eigenvalue weighted by molar-refractivity contribution is 6.51. The van der Waals surface area contributed by atoms with Gasteiger partial charge < -0.3 is 14.6 Å². The number of amides is 1. The Bertz CT molecular complexity index is 1350. The van der Waals surface area contributed by atoms with E-state index in [2.05, 4.69) is 4.98 Å². The highest BCUT2D eigenvalue weighted by atomic mass is 35.5. The zero-order valence-corrected chi connectivity index (χ0v) is 18.9. The molecule has 170 valence electrons. The van der Waals surface area contributed by atoms with E-state index in [4.69, 9.17) is 26.3 Å². The number of rotatable bonds is 5. The van der Waals surface area contributed by atoms with Crippen LogP contribution >= 0.6 is 11.6 Å². The maximum absolute atomic E-state index is 13.3. The minimum absolute atomic E-state index is 0.135. The number of benzene rings is 2. The Morgan fingerprint density at radius 3 is 2.41 bits per heavy atom. The first kappa shape index (κ1) is 22.8. The molecule has 0 radical (unpaired) electrons. The molecule has 1 aromatic heterocycles. The third kappa shape index (κ3) is 3.83. The average Bonchev–Trinajstić information content (AvgIpc) is 3.14. The molecule has 0 aliphatic carbocycles. The number of hydrogen-bond acceptors (Lipinski definition) is 7. The molecule has 1 N–H and O–H groups in total. The first-order chi connectivity index (χ1) is 16.4. The molecule has 9 heteroatoms. The SMILES string of the molecule is COc1cc(/C(O)=C2\C(=O)C(=O)N(c3ccc(C#N)cc3)C2c2cccnc2)c(OC)cc1Cl. The molecule has 1 unspecified atom stereocenters. The van der Waals surface area contributed by atoms with E-state index in [1.807, 2.05) is 6.07 Å². The van der Waals surface area contributed by atoms with E-state index in [0.29, 0.717) is 16.8 Å². The first-order valence-corrected chi connectivity index (χ1v) is 10.4. The molecule has 1 atom stereocenters. The number of halogens is 1. The predicted octanol–water partition coefficient (Wildman–Crippen LogP) is 4.25. The molecule has 1 fully saturated rings. The van der Waals surface area contributed by atoms with Gasteiger partial charge in [0.15, 0.2) is 0 Å². The monoisotopic (exact) mass is 475 g/mol. The Balaban J connectivity index is 1.97. The van der Waals surface area contributed by atoms with Gasteiger partial charge in [-0.2, -0.15) is 5.26 Å². The van der Waals surface area contributed by atoms with Gasteiger partial charge in [-0.1, -0.05) is 17.7 Å². The lowest BCUT2D eigenvalue weighted by atomic mass is 9.95. The summed E-state index contributed by atoms with van der Waals surface area (Å²) in [7, 11) is 2.81. The molecule has 0 spiro atoms. The summed E-state index contributed by atoms with van der Waals surface area (Å²) in [4.78, 5) is 31.8. The number of aliphatic hydroxyl groups excluding tert-OH is 1. The largest absolute Gasteiger partial charge is 0.507 e. The van der Waals surface area contributed by atoms with E-state index < -0.39 is 23.5 Å². The van der Waals surface area contributed by atoms with E-state index in [0.717, 1.165) is 0 Å². The summed E-state index contributed by atoms with van der Waals surface area (Å²) >= 11 is 6.19. The van der Waals surface area contributed by atoms with Gasteiger partial charge in [0.25, 0.3) is 11.7 Å². The highest BCUT2D eigenvalue weighted by Gasteiger charge is 2.47. The topological polar surface area (TPSA) is 113 Å². The number of hydrogen-bond donors (Lipinski definition) is 1. The Hall–Kier alpha value is -4.35. The van der Waals surface area contributed by atoms with Crippen molar-refractivity contribution in [3.63, 3.8) is 0 Å². The fourth-order valence-electron chi connectivity index (χ4n) is 3.84. The summed E-state index contributed by atoms with van der Waals surface area (Å²) in [6.45, 7) is 0. The van der Waals surface area contributed by atoms with E-state index in [9.17, 15) is 14.7 Å². The number of Topliss-reactive ketones (excluding diaryl/α,β-unsaturated/α-hetero) is 1. The van der Waals surface area contributed by atoms with E-state index in [-0.39, 0.29) is 27.7 Å². The minimum atomic E-state index is -0.979. The van der Waals surface area contributed by atoms with Crippen molar-refractivity contribution in [3.8, 4) is 17.6 Å². The molecule has 1 aliphatic heterocycles. The van der Waals surface area contributed by atoms with Crippen molar-refractivity contribution < 1.29 is 24.2 Å². The van der Waals surface area contributed by atoms with Crippen LogP contribution in [0.4, 0.5) is 5.69 Å². The number of aromatic nitrogens is 1. The summed E-state index contributed by atoms with van der Waals surface area (Å²) in [6, 6.07) is 13.5. The fourth-order valence-corrected chi connectivity index (χ4v) is 4.07. The summed E-state index contributed by atoms with van der Waals surface area (Å²) in [6.07, 6.45) is 3.07. The second kappa shape index (κ2) is 9.25. The zero-order chi connectivity index (χ0) is 24.4. The second-order valence-corrected chi connectivity index (χ2v) is 7.71. The van der Waals surface area contributed by atoms with Crippen LogP contribution in [-0.4, -0.2) is 36.0 Å². The zero-order valence-electron chi connectivity index (χ0n) is 18.2. The Morgan fingerprint density at radius 2 is 1.82 bits per heavy atom. The van der Waals surface area contributed by atoms with Crippen LogP contribution in [0.2, 0.25) is 5.02 Å². The van der Waals surface area contributed by atoms with Gasteiger partial charge in [0.2, 0.25) is 0 Å². The number of nitriles is 1. The van der Waals surface area contributed by atoms with Gasteiger partial charge in [-0.05, 0) is 42.0 Å². The molecule has 1 saturated heterocycles. The van der Waals surface area contributed by atoms with E-state index in [1.54, 1.807) is 42.6 Å². The number of carbonyl (C=O) groups excluding carboxylic acids is 2. The average molecular weight is 476 g/mol. The van der Waals surface area contributed by atoms with Crippen LogP contribution in [0.5, 0.6) is 11.5 Å². The predicted molar refractivity (Wildman–Crippen MR) is 125 cm³/mol. The van der Waals surface area contributed by atoms with Crippen molar-refractivity contribution in [3.05, 3.63) is 88.2 Å². The molecule has 2 aromatic carbocycles. The second-order valence-electron chi connectivity index (χ2n) is 7.30. The van der Waals surface area contributed by atoms with Gasteiger partial charge in [-0.3, -0.25) is 19.5 Å². The summed E-state index contributed by atoms with van der Waals surface area (Å²) in [5.41, 5.74) is 1.28. The third-order valence-corrected chi connectivity index (χ3v) is 5.74. The lowest BCUT2D eigenvalue weighted by Gasteiger charge is -2.25. The van der Waals surface area contributed by atoms with Crippen LogP contribution in [-0.2, 0) is 9.59 Å². The van der Waals surface area contributed by atoms with Gasteiger partial charge in [0.05, 0.1) is 48.1 Å². The van der Waals surface area contributed by atoms with Crippen LogP contribution in [0.3, 0.4) is 0 Å². The number of carbonyl (C=O) groups is 2. The van der Waals surface area contributed by atoms with Gasteiger partial charge in [0.1, 0.15) is 17.3 Å². The molecule has 0 bridgehead atoms. The molecule has 2 heterocycles. The van der Waals surface area contributed by atoms with Crippen LogP contribution in [0.15, 0.2) is 66.5 Å². The van der Waals surface area contributed by atoms with Crippen molar-refractivity contribution >= 4 is 34.7 Å². The van der Waals surface area contributed by atoms with Gasteiger partial charge in [-0.25, -0.2) is 0 Å². The molecule has 1 aliphatic rings. The van der Waals surface area contributed by atoms with Gasteiger partial charge >= 0.3 is 0 Å². The molecule has 1 amide bonds. The number of pyridine rings is 1. The van der Waals surface area contributed by atoms with Crippen molar-refractivity contribution in [2.75, 3.05) is 19.1 Å². The third-order valence-electron chi connectivity index (χ3n) is 5.45. The van der Waals surface area contributed by atoms with Crippen LogP contribution in [0, 0.1) is 11.3 Å². The maximum atomic E-state index is 13.3. The van der Waals surface area contributed by atoms with Crippen molar-refractivity contribution in [1.82, 2.24) is 4.98 Å². The van der Waals surface area contributed by atoms with Crippen molar-refractivity contribution in [1.29, 1.82) is 5.26 Å². The lowest BCUT2D eigenvalue weighted by molar-refractivity contribution is -0.132. The molecule has 4 rings (SSSR count). The maximum Gasteiger partial charge on any atom is 0.300 e. The summed E-state index contributed by atoms with van der Waals surface area (Å²) in [5, 5.41) is 20.7. The number of methoxy groups -OCH3 is 2. The fraction of sp³-hybridized carbons (Fsp3) is 0.120. The molecular weight excluding hydrogens is 458 g/mol. The molecular formula is C25H18ClN3O5. The van der Waals surface area contributed by atoms with Crippen molar-refractivity contribution in [2.45, 2.75) is 6.04 Å². The van der Waals surface area contributed by atoms with Crippen LogP contribution in [0.1, 0.15) is 22.7 Å². The number of ketones is 1. The highest BCUT2D eigenvalue weighted by Crippen LogP contribution is 2.44. The number of ether oxygens (including phenoxy) is 2. The standard InChI is InChI=1S/C25H18ClN3O5/c1-33-19-11-18(26)20(34-2)10-17(19)23(30)21-22(15-4-3-9-28-13-15)29(25(32)24(21)31)16-7-5-14(12-27)6-8-16/h3-11,13,22,30H,1-2H3/b23-21+. The van der Waals surface area contributed by atoms with E-state index >= 15 is 0 Å². The van der Waals surface area contributed by atoms with Gasteiger partial charge in [-0.15, -0.1) is 0 Å². The number of anilines is 1. The van der Waals surface area contributed by atoms with E-state index in [1.165, 1.54) is 37.4 Å². The molecule has 3 aromatic rings. The number of aliphatic hydroxyl groups is 1. The minimum Gasteiger partial charge on any atom is -0.507 e. The Labute approximate surface area is 200 Å². The van der Waals surface area contributed by atoms with Crippen LogP contribution < -0.4 is 14.4 Å². The molecule has 0 saturated carbocycles. The summed E-state index contributed by atoms with van der Waals surface area (Å²) < 4.78 is 10.6. The number of nitrogens with zero attached hydrogens (tertiary/aromatic N) is 3. The molecule has 8 nitrogen and oxygen atoms in total. The Morgan fingerprint density at radius 1 is 1.12 bits per heavy atom. The van der Waals surface area contributed by atoms with Crippen molar-refractivity contribution in [2.24, 2.45) is 0 Å².